The van der Waals surface area contributed by atoms with Crippen LogP contribution < -0.4 is 15.2 Å². The van der Waals surface area contributed by atoms with Crippen molar-refractivity contribution in [2.75, 3.05) is 13.7 Å². The van der Waals surface area contributed by atoms with Crippen molar-refractivity contribution >= 4 is 15.9 Å². The van der Waals surface area contributed by atoms with E-state index in [0.29, 0.717) is 19.4 Å². The van der Waals surface area contributed by atoms with Crippen LogP contribution in [0.3, 0.4) is 0 Å². The molecule has 5 heteroatoms. The topological polar surface area (TPSA) is 64.7 Å². The second-order valence-corrected chi connectivity index (χ2v) is 5.55. The highest BCUT2D eigenvalue weighted by Crippen LogP contribution is 2.41. The predicted octanol–water partition coefficient (Wildman–Crippen LogP) is 1.64. The number of aliphatic hydroxyl groups is 1. The number of hydrogen-bond donors (Lipinski definition) is 2. The maximum atomic E-state index is 9.76. The zero-order valence-electron chi connectivity index (χ0n) is 10.6. The van der Waals surface area contributed by atoms with Crippen LogP contribution in [0.1, 0.15) is 18.1 Å². The van der Waals surface area contributed by atoms with Crippen molar-refractivity contribution in [2.45, 2.75) is 31.9 Å². The van der Waals surface area contributed by atoms with Crippen molar-refractivity contribution < 1.29 is 14.6 Å². The molecule has 1 heterocycles. The summed E-state index contributed by atoms with van der Waals surface area (Å²) in [5.41, 5.74) is 7.91. The molecule has 100 valence electrons. The maximum Gasteiger partial charge on any atom is 0.137 e. The predicted molar refractivity (Wildman–Crippen MR) is 73.3 cm³/mol. The lowest BCUT2D eigenvalue weighted by atomic mass is 9.94. The Kier molecular flexibility index (Phi) is 4.14. The van der Waals surface area contributed by atoms with Crippen molar-refractivity contribution in [2.24, 2.45) is 5.73 Å². The Balaban J connectivity index is 2.53. The third kappa shape index (κ3) is 2.63. The van der Waals surface area contributed by atoms with Crippen molar-refractivity contribution in [1.82, 2.24) is 0 Å². The fraction of sp³-hybridized carbons (Fsp3) is 0.538. The molecular formula is C13H18BrNO3. The summed E-state index contributed by atoms with van der Waals surface area (Å²) in [6.45, 7) is 2.28. The number of rotatable bonds is 3. The lowest BCUT2D eigenvalue weighted by Crippen LogP contribution is -2.28. The van der Waals surface area contributed by atoms with Crippen LogP contribution in [0.4, 0.5) is 0 Å². The van der Waals surface area contributed by atoms with Crippen LogP contribution in [-0.4, -0.2) is 31.0 Å². The third-order valence-corrected chi connectivity index (χ3v) is 3.61. The summed E-state index contributed by atoms with van der Waals surface area (Å²) in [4.78, 5) is 0. The molecule has 0 radical (unpaired) electrons. The van der Waals surface area contributed by atoms with Gasteiger partial charge in [-0.05, 0) is 35.3 Å². The molecule has 2 rings (SSSR count). The molecule has 0 aliphatic carbocycles. The summed E-state index contributed by atoms with van der Waals surface area (Å²) in [5.74, 6) is 1.59. The second kappa shape index (κ2) is 5.47. The third-order valence-electron chi connectivity index (χ3n) is 3.02. The summed E-state index contributed by atoms with van der Waals surface area (Å²) < 4.78 is 11.9. The van der Waals surface area contributed by atoms with Gasteiger partial charge < -0.3 is 20.3 Å². The maximum absolute atomic E-state index is 9.76. The van der Waals surface area contributed by atoms with E-state index in [0.717, 1.165) is 27.1 Å². The van der Waals surface area contributed by atoms with E-state index in [1.165, 1.54) is 0 Å². The van der Waals surface area contributed by atoms with E-state index in [4.69, 9.17) is 15.2 Å². The minimum absolute atomic E-state index is 0.0308. The number of methoxy groups -OCH3 is 1. The highest BCUT2D eigenvalue weighted by Gasteiger charge is 2.26. The smallest absolute Gasteiger partial charge is 0.137 e. The van der Waals surface area contributed by atoms with Crippen molar-refractivity contribution in [3.05, 3.63) is 21.7 Å². The molecular weight excluding hydrogens is 298 g/mol. The van der Waals surface area contributed by atoms with Gasteiger partial charge in [0.05, 0.1) is 17.7 Å². The van der Waals surface area contributed by atoms with Gasteiger partial charge in [-0.1, -0.05) is 0 Å². The Labute approximate surface area is 115 Å². The standard InChI is InChI=1S/C13H18BrNO3/c1-7(15)3-9-10-4-8(16)6-18-13(10)11(14)5-12(9)17-2/h5,7-8,16H,3-4,6,15H2,1-2H3/t7?,8-/m1/s1. The van der Waals surface area contributed by atoms with Crippen LogP contribution in [0.5, 0.6) is 11.5 Å². The molecule has 0 amide bonds. The molecule has 1 aromatic rings. The van der Waals surface area contributed by atoms with E-state index in [1.54, 1.807) is 7.11 Å². The molecule has 0 fully saturated rings. The molecule has 1 aromatic carbocycles. The van der Waals surface area contributed by atoms with Crippen molar-refractivity contribution in [3.63, 3.8) is 0 Å². The molecule has 0 saturated heterocycles. The van der Waals surface area contributed by atoms with Gasteiger partial charge in [0, 0.05) is 23.6 Å². The van der Waals surface area contributed by atoms with Gasteiger partial charge >= 0.3 is 0 Å². The Morgan fingerprint density at radius 1 is 1.67 bits per heavy atom. The van der Waals surface area contributed by atoms with Gasteiger partial charge in [-0.3, -0.25) is 0 Å². The largest absolute Gasteiger partial charge is 0.496 e. The Hall–Kier alpha value is -0.780. The van der Waals surface area contributed by atoms with Gasteiger partial charge in [0.15, 0.2) is 0 Å². The Bertz CT molecular complexity index is 448. The van der Waals surface area contributed by atoms with Gasteiger partial charge in [-0.15, -0.1) is 0 Å². The zero-order chi connectivity index (χ0) is 13.3. The first-order valence-corrected chi connectivity index (χ1v) is 6.77. The summed E-state index contributed by atoms with van der Waals surface area (Å²) in [6.07, 6.45) is 0.811. The first kappa shape index (κ1) is 13.6. The number of nitrogens with two attached hydrogens (primary N) is 1. The summed E-state index contributed by atoms with van der Waals surface area (Å²) in [5, 5.41) is 9.76. The molecule has 4 nitrogen and oxygen atoms in total. The van der Waals surface area contributed by atoms with Crippen LogP contribution in [-0.2, 0) is 12.8 Å². The second-order valence-electron chi connectivity index (χ2n) is 4.70. The molecule has 0 saturated carbocycles. The van der Waals surface area contributed by atoms with Crippen LogP contribution >= 0.6 is 15.9 Å². The number of fused-ring (bicyclic) bond motifs is 1. The average molecular weight is 316 g/mol. The molecule has 3 N–H and O–H groups in total. The van der Waals surface area contributed by atoms with E-state index in [-0.39, 0.29) is 6.04 Å². The van der Waals surface area contributed by atoms with Gasteiger partial charge in [0.2, 0.25) is 0 Å². The van der Waals surface area contributed by atoms with E-state index in [1.807, 2.05) is 13.0 Å². The SMILES string of the molecule is COc1cc(Br)c2c(c1CC(C)N)C[C@@H](O)CO2. The van der Waals surface area contributed by atoms with Crippen LogP contribution in [0.2, 0.25) is 0 Å². The molecule has 18 heavy (non-hydrogen) atoms. The lowest BCUT2D eigenvalue weighted by molar-refractivity contribution is 0.0909. The molecule has 0 bridgehead atoms. The molecule has 0 spiro atoms. The van der Waals surface area contributed by atoms with Gasteiger partial charge in [0.25, 0.3) is 0 Å². The molecule has 1 aliphatic heterocycles. The molecule has 2 atom stereocenters. The Morgan fingerprint density at radius 3 is 3.00 bits per heavy atom. The number of ether oxygens (including phenoxy) is 2. The van der Waals surface area contributed by atoms with Crippen LogP contribution in [0.15, 0.2) is 10.5 Å². The average Bonchev–Trinajstić information content (AvgIpc) is 2.31. The minimum atomic E-state index is -0.469. The summed E-state index contributed by atoms with van der Waals surface area (Å²) >= 11 is 3.48. The number of halogens is 1. The molecule has 1 aliphatic rings. The van der Waals surface area contributed by atoms with Gasteiger partial charge in [-0.2, -0.15) is 0 Å². The minimum Gasteiger partial charge on any atom is -0.496 e. The van der Waals surface area contributed by atoms with Gasteiger partial charge in [0.1, 0.15) is 18.1 Å². The normalized spacial score (nSPS) is 19.9. The van der Waals surface area contributed by atoms with Crippen molar-refractivity contribution in [3.8, 4) is 11.5 Å². The number of aliphatic hydroxyl groups excluding tert-OH is 1. The molecule has 1 unspecified atom stereocenters. The fourth-order valence-corrected chi connectivity index (χ4v) is 2.83. The summed E-state index contributed by atoms with van der Waals surface area (Å²) in [6, 6.07) is 1.93. The number of hydrogen-bond acceptors (Lipinski definition) is 4. The first-order valence-electron chi connectivity index (χ1n) is 5.97. The quantitative estimate of drug-likeness (QED) is 0.890. The van der Waals surface area contributed by atoms with E-state index in [2.05, 4.69) is 15.9 Å². The zero-order valence-corrected chi connectivity index (χ0v) is 12.2. The first-order chi connectivity index (χ1) is 8.52. The van der Waals surface area contributed by atoms with E-state index >= 15 is 0 Å². The van der Waals surface area contributed by atoms with E-state index in [9.17, 15) is 5.11 Å². The van der Waals surface area contributed by atoms with E-state index < -0.39 is 6.10 Å². The van der Waals surface area contributed by atoms with Gasteiger partial charge in [-0.25, -0.2) is 0 Å². The number of benzene rings is 1. The molecule has 0 aromatic heterocycles. The highest BCUT2D eigenvalue weighted by atomic mass is 79.9. The highest BCUT2D eigenvalue weighted by molar-refractivity contribution is 9.10. The van der Waals surface area contributed by atoms with Crippen molar-refractivity contribution in [1.29, 1.82) is 0 Å². The lowest BCUT2D eigenvalue weighted by Gasteiger charge is -2.27. The summed E-state index contributed by atoms with van der Waals surface area (Å²) in [7, 11) is 1.64. The monoisotopic (exact) mass is 315 g/mol. The van der Waals surface area contributed by atoms with Crippen LogP contribution in [0, 0.1) is 0 Å². The Morgan fingerprint density at radius 2 is 2.39 bits per heavy atom. The van der Waals surface area contributed by atoms with Crippen LogP contribution in [0.25, 0.3) is 0 Å². The fourth-order valence-electron chi connectivity index (χ4n) is 2.27.